The minimum Gasteiger partial charge on any atom is -0.490 e. The van der Waals surface area contributed by atoms with Gasteiger partial charge in [0.15, 0.2) is 0 Å². The van der Waals surface area contributed by atoms with Gasteiger partial charge in [-0.1, -0.05) is 11.6 Å². The average molecular weight is 286 g/mol. The molecular formula is C16H18N2O3. The molecule has 0 spiro atoms. The summed E-state index contributed by atoms with van der Waals surface area (Å²) in [5.41, 5.74) is 3.02. The third-order valence-electron chi connectivity index (χ3n) is 3.36. The van der Waals surface area contributed by atoms with Crippen molar-refractivity contribution in [3.05, 3.63) is 35.5 Å². The molecular weight excluding hydrogens is 268 g/mol. The standard InChI is InChI=1S/C16H18N2O3/c1-3-20-16(19)13-9-17-18-15(13)12-8-10(2)4-7-14(12)21-11-5-6-11/h4,7-9,11H,3,5-6H2,1-2H3,(H,17,18). The van der Waals surface area contributed by atoms with Gasteiger partial charge < -0.3 is 9.47 Å². The summed E-state index contributed by atoms with van der Waals surface area (Å²) in [4.78, 5) is 12.0. The van der Waals surface area contributed by atoms with Gasteiger partial charge in [0.05, 0.1) is 24.6 Å². The summed E-state index contributed by atoms with van der Waals surface area (Å²) in [6.07, 6.45) is 3.96. The molecule has 1 fully saturated rings. The maximum absolute atomic E-state index is 12.0. The highest BCUT2D eigenvalue weighted by molar-refractivity contribution is 5.96. The molecule has 0 saturated heterocycles. The lowest BCUT2D eigenvalue weighted by Gasteiger charge is -2.12. The Labute approximate surface area is 123 Å². The predicted molar refractivity (Wildman–Crippen MR) is 78.4 cm³/mol. The molecule has 2 aromatic rings. The van der Waals surface area contributed by atoms with Crippen molar-refractivity contribution in [1.29, 1.82) is 0 Å². The number of hydrogen-bond acceptors (Lipinski definition) is 4. The minimum absolute atomic E-state index is 0.292. The van der Waals surface area contributed by atoms with Gasteiger partial charge in [-0.3, -0.25) is 5.10 Å². The Morgan fingerprint density at radius 1 is 1.43 bits per heavy atom. The number of aromatic amines is 1. The van der Waals surface area contributed by atoms with Gasteiger partial charge in [-0.25, -0.2) is 4.79 Å². The molecule has 1 N–H and O–H groups in total. The molecule has 1 aliphatic rings. The number of esters is 1. The fourth-order valence-electron chi connectivity index (χ4n) is 2.16. The first-order valence-electron chi connectivity index (χ1n) is 7.17. The number of nitrogens with zero attached hydrogens (tertiary/aromatic N) is 1. The molecule has 1 saturated carbocycles. The first-order valence-corrected chi connectivity index (χ1v) is 7.17. The molecule has 1 aromatic carbocycles. The Balaban J connectivity index is 2.01. The van der Waals surface area contributed by atoms with Crippen LogP contribution in [0.1, 0.15) is 35.7 Å². The van der Waals surface area contributed by atoms with Gasteiger partial charge in [-0.2, -0.15) is 5.10 Å². The van der Waals surface area contributed by atoms with Crippen molar-refractivity contribution in [3.8, 4) is 17.0 Å². The summed E-state index contributed by atoms with van der Waals surface area (Å²) in [6, 6.07) is 5.94. The Bertz CT molecular complexity index is 659. The van der Waals surface area contributed by atoms with Crippen molar-refractivity contribution >= 4 is 5.97 Å². The Morgan fingerprint density at radius 3 is 2.95 bits per heavy atom. The molecule has 5 heteroatoms. The van der Waals surface area contributed by atoms with Crippen LogP contribution in [-0.2, 0) is 4.74 Å². The molecule has 0 aliphatic heterocycles. The molecule has 110 valence electrons. The number of benzene rings is 1. The highest BCUT2D eigenvalue weighted by Crippen LogP contribution is 2.36. The van der Waals surface area contributed by atoms with Gasteiger partial charge >= 0.3 is 5.97 Å². The van der Waals surface area contributed by atoms with E-state index in [1.807, 2.05) is 25.1 Å². The lowest BCUT2D eigenvalue weighted by Crippen LogP contribution is -2.06. The lowest BCUT2D eigenvalue weighted by atomic mass is 10.0. The van der Waals surface area contributed by atoms with Crippen molar-refractivity contribution in [2.45, 2.75) is 32.8 Å². The van der Waals surface area contributed by atoms with Crippen LogP contribution in [0.4, 0.5) is 0 Å². The Hall–Kier alpha value is -2.30. The van der Waals surface area contributed by atoms with Crippen LogP contribution < -0.4 is 4.74 Å². The lowest BCUT2D eigenvalue weighted by molar-refractivity contribution is 0.0527. The van der Waals surface area contributed by atoms with Crippen molar-refractivity contribution in [2.75, 3.05) is 6.61 Å². The third-order valence-corrected chi connectivity index (χ3v) is 3.36. The van der Waals surface area contributed by atoms with E-state index in [1.54, 1.807) is 6.92 Å². The van der Waals surface area contributed by atoms with E-state index < -0.39 is 0 Å². The molecule has 0 bridgehead atoms. The van der Waals surface area contributed by atoms with Gasteiger partial charge in [-0.05, 0) is 38.8 Å². The largest absolute Gasteiger partial charge is 0.490 e. The van der Waals surface area contributed by atoms with Gasteiger partial charge in [-0.15, -0.1) is 0 Å². The summed E-state index contributed by atoms with van der Waals surface area (Å²) in [5, 5.41) is 6.88. The molecule has 1 heterocycles. The molecule has 0 amide bonds. The second-order valence-electron chi connectivity index (χ2n) is 5.20. The van der Waals surface area contributed by atoms with E-state index in [4.69, 9.17) is 9.47 Å². The highest BCUT2D eigenvalue weighted by Gasteiger charge is 2.26. The molecule has 5 nitrogen and oxygen atoms in total. The number of carbonyl (C=O) groups excluding carboxylic acids is 1. The fourth-order valence-corrected chi connectivity index (χ4v) is 2.16. The van der Waals surface area contributed by atoms with E-state index in [2.05, 4.69) is 10.2 Å². The molecule has 0 radical (unpaired) electrons. The third kappa shape index (κ3) is 2.91. The number of ether oxygens (including phenoxy) is 2. The number of aromatic nitrogens is 2. The SMILES string of the molecule is CCOC(=O)c1cn[nH]c1-c1cc(C)ccc1OC1CC1. The summed E-state index contributed by atoms with van der Waals surface area (Å²) in [6.45, 7) is 4.12. The maximum atomic E-state index is 12.0. The zero-order valence-corrected chi connectivity index (χ0v) is 12.2. The number of aryl methyl sites for hydroxylation is 1. The van der Waals surface area contributed by atoms with E-state index >= 15 is 0 Å². The molecule has 1 aromatic heterocycles. The Kier molecular flexibility index (Phi) is 3.64. The molecule has 1 aliphatic carbocycles. The van der Waals surface area contributed by atoms with Crippen LogP contribution in [0.25, 0.3) is 11.3 Å². The predicted octanol–water partition coefficient (Wildman–Crippen LogP) is 3.10. The summed E-state index contributed by atoms with van der Waals surface area (Å²) < 4.78 is 11.0. The normalized spacial score (nSPS) is 14.0. The van der Waals surface area contributed by atoms with Crippen LogP contribution in [0.15, 0.2) is 24.4 Å². The van der Waals surface area contributed by atoms with Crippen molar-refractivity contribution in [2.24, 2.45) is 0 Å². The molecule has 3 rings (SSSR count). The monoisotopic (exact) mass is 286 g/mol. The van der Waals surface area contributed by atoms with E-state index in [0.29, 0.717) is 24.0 Å². The van der Waals surface area contributed by atoms with Crippen molar-refractivity contribution < 1.29 is 14.3 Å². The highest BCUT2D eigenvalue weighted by atomic mass is 16.5. The smallest absolute Gasteiger partial charge is 0.341 e. The average Bonchev–Trinajstić information content (AvgIpc) is 3.14. The second-order valence-corrected chi connectivity index (χ2v) is 5.20. The first kappa shape index (κ1) is 13.7. The number of H-pyrrole nitrogens is 1. The van der Waals surface area contributed by atoms with Crippen LogP contribution in [-0.4, -0.2) is 28.9 Å². The summed E-state index contributed by atoms with van der Waals surface area (Å²) >= 11 is 0. The first-order chi connectivity index (χ1) is 10.2. The van der Waals surface area contributed by atoms with Crippen LogP contribution in [0, 0.1) is 6.92 Å². The van der Waals surface area contributed by atoms with Crippen molar-refractivity contribution in [3.63, 3.8) is 0 Å². The van der Waals surface area contributed by atoms with Gasteiger partial charge in [0, 0.05) is 5.56 Å². The molecule has 21 heavy (non-hydrogen) atoms. The number of nitrogens with one attached hydrogen (secondary N) is 1. The van der Waals surface area contributed by atoms with Crippen LogP contribution in [0.3, 0.4) is 0 Å². The fraction of sp³-hybridized carbons (Fsp3) is 0.375. The van der Waals surface area contributed by atoms with Crippen LogP contribution in [0.5, 0.6) is 5.75 Å². The topological polar surface area (TPSA) is 64.2 Å². The van der Waals surface area contributed by atoms with E-state index in [0.717, 1.165) is 29.7 Å². The number of rotatable bonds is 5. The number of carbonyl (C=O) groups is 1. The van der Waals surface area contributed by atoms with E-state index in [1.165, 1.54) is 6.20 Å². The summed E-state index contributed by atoms with van der Waals surface area (Å²) in [5.74, 6) is 0.401. The second kappa shape index (κ2) is 5.60. The van der Waals surface area contributed by atoms with Gasteiger partial charge in [0.2, 0.25) is 0 Å². The number of hydrogen-bond donors (Lipinski definition) is 1. The van der Waals surface area contributed by atoms with Gasteiger partial charge in [0.25, 0.3) is 0 Å². The van der Waals surface area contributed by atoms with E-state index in [9.17, 15) is 4.79 Å². The molecule has 0 atom stereocenters. The van der Waals surface area contributed by atoms with Gasteiger partial charge in [0.1, 0.15) is 11.3 Å². The molecule has 0 unspecified atom stereocenters. The zero-order chi connectivity index (χ0) is 14.8. The van der Waals surface area contributed by atoms with Crippen LogP contribution >= 0.6 is 0 Å². The Morgan fingerprint density at radius 2 is 2.24 bits per heavy atom. The van der Waals surface area contributed by atoms with Crippen LogP contribution in [0.2, 0.25) is 0 Å². The van der Waals surface area contributed by atoms with Crippen molar-refractivity contribution in [1.82, 2.24) is 10.2 Å². The zero-order valence-electron chi connectivity index (χ0n) is 12.2. The summed E-state index contributed by atoms with van der Waals surface area (Å²) in [7, 11) is 0. The minimum atomic E-state index is -0.375. The van der Waals surface area contributed by atoms with E-state index in [-0.39, 0.29) is 5.97 Å². The maximum Gasteiger partial charge on any atom is 0.341 e. The quantitative estimate of drug-likeness (QED) is 0.858.